The maximum atomic E-state index is 3.78. The summed E-state index contributed by atoms with van der Waals surface area (Å²) in [6, 6.07) is 37.5. The van der Waals surface area contributed by atoms with Crippen molar-refractivity contribution < 1.29 is 0 Å². The zero-order valence-corrected chi connectivity index (χ0v) is 25.7. The van der Waals surface area contributed by atoms with Crippen LogP contribution in [0.2, 0.25) is 0 Å². The average Bonchev–Trinajstić information content (AvgIpc) is 3.16. The zero-order chi connectivity index (χ0) is 25.0. The van der Waals surface area contributed by atoms with Gasteiger partial charge in [0.15, 0.2) is 0 Å². The summed E-state index contributed by atoms with van der Waals surface area (Å²) in [6.07, 6.45) is 0. The Hall–Kier alpha value is -1.98. The molecule has 0 amide bonds. The summed E-state index contributed by atoms with van der Waals surface area (Å²) < 4.78 is 4.17. The van der Waals surface area contributed by atoms with Crippen LogP contribution in [-0.4, -0.2) is 0 Å². The van der Waals surface area contributed by atoms with Crippen molar-refractivity contribution in [2.24, 2.45) is 0 Å². The molecule has 0 aliphatic heterocycles. The van der Waals surface area contributed by atoms with Crippen molar-refractivity contribution in [2.45, 2.75) is 12.3 Å². The van der Waals surface area contributed by atoms with E-state index in [4.69, 9.17) is 0 Å². The van der Waals surface area contributed by atoms with E-state index in [1.54, 1.807) is 0 Å². The molecule has 4 heteroatoms. The average molecular weight is 724 g/mol. The molecular formula is C32H20Br4. The monoisotopic (exact) mass is 720 g/mol. The third-order valence-corrected chi connectivity index (χ3v) is 8.90. The van der Waals surface area contributed by atoms with E-state index in [2.05, 4.69) is 174 Å². The van der Waals surface area contributed by atoms with Gasteiger partial charge in [0.05, 0.1) is 5.41 Å². The summed E-state index contributed by atoms with van der Waals surface area (Å²) in [7, 11) is 0. The van der Waals surface area contributed by atoms with Crippen LogP contribution in [0.5, 0.6) is 0 Å². The molecule has 0 radical (unpaired) electrons. The maximum absolute atomic E-state index is 3.78. The molecule has 0 fully saturated rings. The molecule has 1 aliphatic rings. The Kier molecular flexibility index (Phi) is 6.36. The van der Waals surface area contributed by atoms with Crippen LogP contribution in [0.25, 0.3) is 22.3 Å². The number of hydrogen-bond acceptors (Lipinski definition) is 0. The molecule has 36 heavy (non-hydrogen) atoms. The van der Waals surface area contributed by atoms with Gasteiger partial charge in [0, 0.05) is 17.9 Å². The second-order valence-corrected chi connectivity index (χ2v) is 12.8. The SMILES string of the molecule is Cc1cccc2c1-c1c(-c3ccccc3)cccc1C2(c1cc(Br)cc(Br)c1)c1cc(Br)cc(Br)c1. The Morgan fingerprint density at radius 2 is 1.00 bits per heavy atom. The summed E-state index contributed by atoms with van der Waals surface area (Å²) in [5.41, 5.74) is 10.9. The molecule has 0 nitrogen and oxygen atoms in total. The minimum atomic E-state index is -0.500. The highest BCUT2D eigenvalue weighted by molar-refractivity contribution is 9.11. The van der Waals surface area contributed by atoms with Crippen LogP contribution < -0.4 is 0 Å². The lowest BCUT2D eigenvalue weighted by molar-refractivity contribution is 0.765. The van der Waals surface area contributed by atoms with Gasteiger partial charge in [-0.3, -0.25) is 0 Å². The van der Waals surface area contributed by atoms with Crippen molar-refractivity contribution in [3.63, 3.8) is 0 Å². The molecule has 5 aromatic carbocycles. The van der Waals surface area contributed by atoms with Crippen molar-refractivity contribution in [1.82, 2.24) is 0 Å². The standard InChI is InChI=1S/C32H20Br4/c1-19-7-5-11-28-30(19)31-27(20-8-3-2-4-9-20)10-6-12-29(31)32(28,21-13-23(33)17-24(34)14-21)22-15-25(35)18-26(36)16-22/h2-18H,1H3. The van der Waals surface area contributed by atoms with Gasteiger partial charge in [-0.2, -0.15) is 0 Å². The van der Waals surface area contributed by atoms with Crippen LogP contribution in [0.1, 0.15) is 27.8 Å². The van der Waals surface area contributed by atoms with Crippen molar-refractivity contribution in [3.8, 4) is 22.3 Å². The maximum Gasteiger partial charge on any atom is 0.0715 e. The highest BCUT2D eigenvalue weighted by atomic mass is 79.9. The fourth-order valence-corrected chi connectivity index (χ4v) is 8.37. The summed E-state index contributed by atoms with van der Waals surface area (Å²) in [4.78, 5) is 0. The molecule has 0 spiro atoms. The molecule has 0 unspecified atom stereocenters. The van der Waals surface area contributed by atoms with E-state index in [0.29, 0.717) is 0 Å². The number of fused-ring (bicyclic) bond motifs is 3. The lowest BCUT2D eigenvalue weighted by atomic mass is 9.67. The van der Waals surface area contributed by atoms with Gasteiger partial charge in [0.25, 0.3) is 0 Å². The second-order valence-electron chi connectivity index (χ2n) is 9.16. The van der Waals surface area contributed by atoms with Gasteiger partial charge in [0.2, 0.25) is 0 Å². The van der Waals surface area contributed by atoms with Crippen LogP contribution in [-0.2, 0) is 5.41 Å². The van der Waals surface area contributed by atoms with Gasteiger partial charge >= 0.3 is 0 Å². The second kappa shape index (κ2) is 9.40. The normalized spacial score (nSPS) is 13.4. The van der Waals surface area contributed by atoms with Gasteiger partial charge in [-0.25, -0.2) is 0 Å². The van der Waals surface area contributed by atoms with E-state index in [0.717, 1.165) is 17.9 Å². The number of hydrogen-bond donors (Lipinski definition) is 0. The van der Waals surface area contributed by atoms with Crippen LogP contribution in [0.15, 0.2) is 121 Å². The van der Waals surface area contributed by atoms with Gasteiger partial charge < -0.3 is 0 Å². The first-order valence-electron chi connectivity index (χ1n) is 11.6. The van der Waals surface area contributed by atoms with Gasteiger partial charge in [-0.1, -0.05) is 130 Å². The molecule has 5 aromatic rings. The molecule has 176 valence electrons. The quantitative estimate of drug-likeness (QED) is 0.171. The van der Waals surface area contributed by atoms with Gasteiger partial charge in [-0.05, 0) is 93.4 Å². The summed E-state index contributed by atoms with van der Waals surface area (Å²) in [5, 5.41) is 0. The number of halogens is 4. The summed E-state index contributed by atoms with van der Waals surface area (Å²) >= 11 is 15.1. The van der Waals surface area contributed by atoms with Crippen molar-refractivity contribution in [3.05, 3.63) is 149 Å². The fourth-order valence-electron chi connectivity index (χ4n) is 5.78. The number of aryl methyl sites for hydroxylation is 1. The van der Waals surface area contributed by atoms with Crippen LogP contribution in [0.4, 0.5) is 0 Å². The first kappa shape index (κ1) is 24.4. The van der Waals surface area contributed by atoms with Gasteiger partial charge in [-0.15, -0.1) is 0 Å². The number of benzene rings is 5. The van der Waals surface area contributed by atoms with E-state index < -0.39 is 5.41 Å². The van der Waals surface area contributed by atoms with Gasteiger partial charge in [0.1, 0.15) is 0 Å². The minimum absolute atomic E-state index is 0.500. The minimum Gasteiger partial charge on any atom is -0.0622 e. The molecule has 0 heterocycles. The van der Waals surface area contributed by atoms with E-state index in [9.17, 15) is 0 Å². The highest BCUT2D eigenvalue weighted by Crippen LogP contribution is 2.59. The Labute approximate surface area is 245 Å². The van der Waals surface area contributed by atoms with Crippen molar-refractivity contribution >= 4 is 63.7 Å². The Morgan fingerprint density at radius 3 is 1.56 bits per heavy atom. The zero-order valence-electron chi connectivity index (χ0n) is 19.3. The molecule has 0 atom stereocenters. The largest absolute Gasteiger partial charge is 0.0715 e. The summed E-state index contributed by atoms with van der Waals surface area (Å²) in [5.74, 6) is 0. The van der Waals surface area contributed by atoms with E-state index >= 15 is 0 Å². The van der Waals surface area contributed by atoms with Crippen LogP contribution in [0.3, 0.4) is 0 Å². The third-order valence-electron chi connectivity index (χ3n) is 7.07. The van der Waals surface area contributed by atoms with E-state index in [-0.39, 0.29) is 0 Å². The predicted molar refractivity (Wildman–Crippen MR) is 165 cm³/mol. The Bertz CT molecular complexity index is 1540. The van der Waals surface area contributed by atoms with E-state index in [1.165, 1.54) is 50.1 Å². The molecular weight excluding hydrogens is 704 g/mol. The third kappa shape index (κ3) is 3.80. The molecule has 0 saturated heterocycles. The molecule has 0 bridgehead atoms. The van der Waals surface area contributed by atoms with Crippen molar-refractivity contribution in [2.75, 3.05) is 0 Å². The molecule has 1 aliphatic carbocycles. The predicted octanol–water partition coefficient (Wildman–Crippen LogP) is 11.1. The first-order chi connectivity index (χ1) is 17.4. The fraction of sp³-hybridized carbons (Fsp3) is 0.0625. The molecule has 0 saturated carbocycles. The number of rotatable bonds is 3. The lowest BCUT2D eigenvalue weighted by Crippen LogP contribution is -2.29. The Morgan fingerprint density at radius 1 is 0.500 bits per heavy atom. The Balaban J connectivity index is 1.85. The van der Waals surface area contributed by atoms with Crippen LogP contribution in [0, 0.1) is 6.92 Å². The van der Waals surface area contributed by atoms with Crippen LogP contribution >= 0.6 is 63.7 Å². The topological polar surface area (TPSA) is 0 Å². The highest BCUT2D eigenvalue weighted by Gasteiger charge is 2.47. The summed E-state index contributed by atoms with van der Waals surface area (Å²) in [6.45, 7) is 2.23. The smallest absolute Gasteiger partial charge is 0.0622 e. The van der Waals surface area contributed by atoms with E-state index in [1.807, 2.05) is 0 Å². The molecule has 0 N–H and O–H groups in total. The molecule has 6 rings (SSSR count). The first-order valence-corrected chi connectivity index (χ1v) is 14.8. The molecule has 0 aromatic heterocycles. The van der Waals surface area contributed by atoms with Crippen molar-refractivity contribution in [1.29, 1.82) is 0 Å². The lowest BCUT2D eigenvalue weighted by Gasteiger charge is -2.34.